The predicted molar refractivity (Wildman–Crippen MR) is 112 cm³/mol. The minimum absolute atomic E-state index is 0.315. The first-order valence-electron chi connectivity index (χ1n) is 11.0. The van der Waals surface area contributed by atoms with Crippen molar-refractivity contribution in [3.05, 3.63) is 53.5 Å². The van der Waals surface area contributed by atoms with Crippen LogP contribution in [-0.2, 0) is 21.5 Å². The smallest absolute Gasteiger partial charge is 0.413 e. The summed E-state index contributed by atoms with van der Waals surface area (Å²) < 4.78 is 11.7. The molecule has 8 heteroatoms. The van der Waals surface area contributed by atoms with Gasteiger partial charge in [-0.25, -0.2) is 14.6 Å². The number of carbonyl (C=O) groups is 2. The van der Waals surface area contributed by atoms with Gasteiger partial charge in [-0.15, -0.1) is 0 Å². The summed E-state index contributed by atoms with van der Waals surface area (Å²) in [6.45, 7) is 1.01. The molecule has 0 saturated carbocycles. The molecule has 2 atom stereocenters. The van der Waals surface area contributed by atoms with Crippen LogP contribution in [0.25, 0.3) is 0 Å². The first-order chi connectivity index (χ1) is 15.1. The molecule has 2 amide bonds. The van der Waals surface area contributed by atoms with Gasteiger partial charge in [0.1, 0.15) is 17.5 Å². The summed E-state index contributed by atoms with van der Waals surface area (Å²) in [6, 6.07) is 7.78. The zero-order valence-corrected chi connectivity index (χ0v) is 17.4. The van der Waals surface area contributed by atoms with E-state index in [0.29, 0.717) is 38.2 Å². The second kappa shape index (κ2) is 8.17. The molecule has 0 bridgehead atoms. The zero-order chi connectivity index (χ0) is 21.3. The van der Waals surface area contributed by atoms with Crippen LogP contribution in [0.4, 0.5) is 15.4 Å². The van der Waals surface area contributed by atoms with Gasteiger partial charge in [-0.3, -0.25) is 10.3 Å². The van der Waals surface area contributed by atoms with E-state index in [4.69, 9.17) is 9.47 Å². The molecule has 2 aliphatic heterocycles. The maximum atomic E-state index is 13.1. The highest BCUT2D eigenvalue weighted by atomic mass is 16.6. The fourth-order valence-electron chi connectivity index (χ4n) is 4.93. The van der Waals surface area contributed by atoms with E-state index in [0.717, 1.165) is 36.9 Å². The molecule has 1 spiro atoms. The van der Waals surface area contributed by atoms with E-state index < -0.39 is 11.7 Å². The first kappa shape index (κ1) is 19.8. The van der Waals surface area contributed by atoms with Gasteiger partial charge in [0.15, 0.2) is 0 Å². The van der Waals surface area contributed by atoms with Crippen molar-refractivity contribution in [2.45, 2.75) is 56.7 Å². The number of aromatic nitrogens is 2. The van der Waals surface area contributed by atoms with Crippen molar-refractivity contribution in [3.8, 4) is 0 Å². The minimum atomic E-state index is -0.766. The first-order valence-corrected chi connectivity index (χ1v) is 11.0. The molecular weight excluding hydrogens is 396 g/mol. The number of nitrogens with one attached hydrogen (secondary N) is 1. The average molecular weight is 422 g/mol. The van der Waals surface area contributed by atoms with E-state index in [1.807, 2.05) is 18.2 Å². The van der Waals surface area contributed by atoms with Gasteiger partial charge in [0.05, 0.1) is 5.69 Å². The molecule has 0 aromatic carbocycles. The normalized spacial score (nSPS) is 25.4. The fraction of sp³-hybridized carbons (Fsp3) is 0.478. The molecule has 8 nitrogen and oxygen atoms in total. The molecular formula is C23H26N4O4. The molecule has 2 aromatic heterocycles. The van der Waals surface area contributed by atoms with Gasteiger partial charge in [-0.2, -0.15) is 0 Å². The molecule has 5 rings (SSSR count). The topological polar surface area (TPSA) is 93.7 Å². The van der Waals surface area contributed by atoms with Crippen molar-refractivity contribution in [1.29, 1.82) is 0 Å². The van der Waals surface area contributed by atoms with Crippen LogP contribution in [0, 0.1) is 0 Å². The van der Waals surface area contributed by atoms with Crippen molar-refractivity contribution in [2.75, 3.05) is 18.4 Å². The van der Waals surface area contributed by atoms with Crippen LogP contribution in [0.1, 0.15) is 61.4 Å². The number of fused-ring (bicyclic) bond motifs is 3. The highest BCUT2D eigenvalue weighted by Crippen LogP contribution is 2.42. The Morgan fingerprint density at radius 1 is 1.13 bits per heavy atom. The zero-order valence-electron chi connectivity index (χ0n) is 17.4. The number of hydrogen-bond donors (Lipinski definition) is 1. The molecule has 2 aromatic rings. The largest absolute Gasteiger partial charge is 0.440 e. The second-order valence-electron chi connectivity index (χ2n) is 8.41. The number of anilines is 1. The summed E-state index contributed by atoms with van der Waals surface area (Å²) >= 11 is 0. The molecule has 1 aliphatic carbocycles. The van der Waals surface area contributed by atoms with Crippen LogP contribution >= 0.6 is 0 Å². The maximum absolute atomic E-state index is 13.1. The minimum Gasteiger partial charge on any atom is -0.440 e. The molecule has 4 heterocycles. The van der Waals surface area contributed by atoms with Gasteiger partial charge >= 0.3 is 12.2 Å². The molecule has 1 saturated heterocycles. The third-order valence-electron chi connectivity index (χ3n) is 6.50. The number of rotatable bonds is 1. The van der Waals surface area contributed by atoms with Crippen molar-refractivity contribution in [2.24, 2.45) is 0 Å². The van der Waals surface area contributed by atoms with Gasteiger partial charge in [-0.1, -0.05) is 6.07 Å². The van der Waals surface area contributed by atoms with Crippen LogP contribution in [0.3, 0.4) is 0 Å². The summed E-state index contributed by atoms with van der Waals surface area (Å²) in [6.07, 6.45) is 7.96. The van der Waals surface area contributed by atoms with Crippen LogP contribution in [-0.4, -0.2) is 40.1 Å². The Balaban J connectivity index is 1.32. The highest BCUT2D eigenvalue weighted by molar-refractivity contribution is 5.87. The number of ether oxygens (including phenoxy) is 2. The van der Waals surface area contributed by atoms with E-state index in [-0.39, 0.29) is 12.2 Å². The number of nitrogens with zero attached hydrogens (tertiary/aromatic N) is 3. The van der Waals surface area contributed by atoms with E-state index >= 15 is 0 Å². The van der Waals surface area contributed by atoms with Crippen molar-refractivity contribution >= 4 is 18.0 Å². The fourth-order valence-corrected chi connectivity index (χ4v) is 4.93. The van der Waals surface area contributed by atoms with Gasteiger partial charge in [0.25, 0.3) is 0 Å². The number of hydrogen-bond acceptors (Lipinski definition) is 6. The lowest BCUT2D eigenvalue weighted by Gasteiger charge is -2.37. The maximum Gasteiger partial charge on any atom is 0.413 e. The van der Waals surface area contributed by atoms with Gasteiger partial charge in [0, 0.05) is 37.5 Å². The standard InChI is InChI=1S/C23H26N4O4/c28-21-26-20-17(8-4-13-25-20)23(31-21)10-5-14-27(15-11-23)22(29)30-18-9-2-1-6-16-7-3-12-24-19(16)18/h3-4,7-8,12-13,18H,1-2,5-6,9-11,14-15H2,(H,25,26,28). The number of pyridine rings is 2. The lowest BCUT2D eigenvalue weighted by molar-refractivity contribution is -0.00172. The summed E-state index contributed by atoms with van der Waals surface area (Å²) in [5, 5.41) is 2.67. The molecule has 1 fully saturated rings. The van der Waals surface area contributed by atoms with Crippen LogP contribution in [0.2, 0.25) is 0 Å². The highest BCUT2D eigenvalue weighted by Gasteiger charge is 2.44. The Morgan fingerprint density at radius 2 is 2.00 bits per heavy atom. The lowest BCUT2D eigenvalue weighted by Crippen LogP contribution is -2.41. The van der Waals surface area contributed by atoms with E-state index in [1.165, 1.54) is 5.56 Å². The quantitative estimate of drug-likeness (QED) is 0.688. The lowest BCUT2D eigenvalue weighted by atomic mass is 9.86. The molecule has 162 valence electrons. The van der Waals surface area contributed by atoms with E-state index in [1.54, 1.807) is 17.3 Å². The molecule has 31 heavy (non-hydrogen) atoms. The average Bonchev–Trinajstić information content (AvgIpc) is 3.11. The Hall–Kier alpha value is -3.16. The molecule has 1 N–H and O–H groups in total. The Bertz CT molecular complexity index is 997. The van der Waals surface area contributed by atoms with E-state index in [2.05, 4.69) is 21.4 Å². The summed E-state index contributed by atoms with van der Waals surface area (Å²) in [5.41, 5.74) is 2.15. The van der Waals surface area contributed by atoms with Crippen LogP contribution < -0.4 is 5.32 Å². The monoisotopic (exact) mass is 422 g/mol. The second-order valence-corrected chi connectivity index (χ2v) is 8.41. The van der Waals surface area contributed by atoms with Crippen LogP contribution in [0.15, 0.2) is 36.7 Å². The number of aryl methyl sites for hydroxylation is 1. The SMILES string of the molecule is O=C1Nc2ncccc2C2(CCCN(C(=O)OC3CCCCc4cccnc43)CC2)O1. The van der Waals surface area contributed by atoms with Gasteiger partial charge in [0.2, 0.25) is 0 Å². The summed E-state index contributed by atoms with van der Waals surface area (Å²) in [4.78, 5) is 35.7. The van der Waals surface area contributed by atoms with Gasteiger partial charge < -0.3 is 14.4 Å². The third kappa shape index (κ3) is 3.82. The Kier molecular flexibility index (Phi) is 5.21. The van der Waals surface area contributed by atoms with Gasteiger partial charge in [-0.05, 0) is 62.3 Å². The number of likely N-dealkylation sites (tertiary alicyclic amines) is 1. The predicted octanol–water partition coefficient (Wildman–Crippen LogP) is 4.32. The van der Waals surface area contributed by atoms with Crippen molar-refractivity contribution < 1.29 is 19.1 Å². The van der Waals surface area contributed by atoms with Crippen LogP contribution in [0.5, 0.6) is 0 Å². The van der Waals surface area contributed by atoms with Crippen molar-refractivity contribution in [1.82, 2.24) is 14.9 Å². The molecule has 3 aliphatic rings. The number of amides is 2. The molecule has 2 unspecified atom stereocenters. The van der Waals surface area contributed by atoms with E-state index in [9.17, 15) is 9.59 Å². The summed E-state index contributed by atoms with van der Waals surface area (Å²) in [5.74, 6) is 0.538. The summed E-state index contributed by atoms with van der Waals surface area (Å²) in [7, 11) is 0. The Morgan fingerprint density at radius 3 is 2.94 bits per heavy atom. The Labute approximate surface area is 181 Å². The molecule has 0 radical (unpaired) electrons. The third-order valence-corrected chi connectivity index (χ3v) is 6.50. The van der Waals surface area contributed by atoms with Crippen molar-refractivity contribution in [3.63, 3.8) is 0 Å². The number of carbonyl (C=O) groups excluding carboxylic acids is 2.